The molecule has 2 nitrogen and oxygen atoms in total. The summed E-state index contributed by atoms with van der Waals surface area (Å²) in [5, 5.41) is 2.70. The lowest BCUT2D eigenvalue weighted by atomic mass is 10.1. The van der Waals surface area contributed by atoms with Crippen molar-refractivity contribution in [2.75, 3.05) is 0 Å². The van der Waals surface area contributed by atoms with Gasteiger partial charge >= 0.3 is 0 Å². The third-order valence-corrected chi connectivity index (χ3v) is 3.95. The first-order chi connectivity index (χ1) is 9.90. The van der Waals surface area contributed by atoms with E-state index in [2.05, 4.69) is 21.2 Å². The fourth-order valence-electron chi connectivity index (χ4n) is 2.09. The first kappa shape index (κ1) is 15.6. The zero-order valence-corrected chi connectivity index (χ0v) is 13.2. The van der Waals surface area contributed by atoms with Gasteiger partial charge in [-0.15, -0.1) is 0 Å². The van der Waals surface area contributed by atoms with Gasteiger partial charge in [-0.25, -0.2) is 8.78 Å². The molecule has 5 heteroatoms. The Morgan fingerprint density at radius 1 is 1.19 bits per heavy atom. The Hall–Kier alpha value is -1.75. The van der Waals surface area contributed by atoms with Crippen LogP contribution in [-0.2, 0) is 6.54 Å². The number of carbonyl (C=O) groups excluding carboxylic acids is 1. The van der Waals surface area contributed by atoms with Crippen LogP contribution in [0.4, 0.5) is 8.78 Å². The number of rotatable bonds is 3. The van der Waals surface area contributed by atoms with Crippen LogP contribution < -0.4 is 5.32 Å². The quantitative estimate of drug-likeness (QED) is 0.876. The predicted molar refractivity (Wildman–Crippen MR) is 81.1 cm³/mol. The molecule has 1 N–H and O–H groups in total. The number of halogens is 3. The van der Waals surface area contributed by atoms with Crippen molar-refractivity contribution in [3.05, 3.63) is 68.7 Å². The Morgan fingerprint density at radius 3 is 2.43 bits per heavy atom. The van der Waals surface area contributed by atoms with E-state index in [1.807, 2.05) is 0 Å². The highest BCUT2D eigenvalue weighted by Crippen LogP contribution is 2.20. The maximum Gasteiger partial charge on any atom is 0.252 e. The van der Waals surface area contributed by atoms with E-state index in [1.54, 1.807) is 26.0 Å². The molecule has 0 saturated carbocycles. The van der Waals surface area contributed by atoms with Gasteiger partial charge in [-0.3, -0.25) is 4.79 Å². The van der Waals surface area contributed by atoms with E-state index < -0.39 is 5.82 Å². The SMILES string of the molecule is Cc1cc(CNC(=O)c2cccc(F)c2Br)cc(C)c1F. The van der Waals surface area contributed by atoms with Crippen LogP contribution in [0.5, 0.6) is 0 Å². The summed E-state index contributed by atoms with van der Waals surface area (Å²) in [6, 6.07) is 7.64. The van der Waals surface area contributed by atoms with Crippen molar-refractivity contribution < 1.29 is 13.6 Å². The number of amides is 1. The van der Waals surface area contributed by atoms with Crippen molar-refractivity contribution in [3.8, 4) is 0 Å². The maximum atomic E-state index is 13.5. The van der Waals surface area contributed by atoms with E-state index in [0.717, 1.165) is 5.56 Å². The van der Waals surface area contributed by atoms with E-state index >= 15 is 0 Å². The molecule has 0 atom stereocenters. The van der Waals surface area contributed by atoms with E-state index in [-0.39, 0.29) is 28.3 Å². The second-order valence-electron chi connectivity index (χ2n) is 4.83. The number of nitrogens with one attached hydrogen (secondary N) is 1. The van der Waals surface area contributed by atoms with Gasteiger partial charge in [-0.2, -0.15) is 0 Å². The summed E-state index contributed by atoms with van der Waals surface area (Å²) < 4.78 is 27.1. The Morgan fingerprint density at radius 2 is 1.81 bits per heavy atom. The Bertz CT molecular complexity index is 678. The lowest BCUT2D eigenvalue weighted by Gasteiger charge is -2.10. The molecule has 0 aromatic heterocycles. The molecule has 0 bridgehead atoms. The smallest absolute Gasteiger partial charge is 0.252 e. The second-order valence-corrected chi connectivity index (χ2v) is 5.62. The number of hydrogen-bond donors (Lipinski definition) is 1. The molecule has 0 aliphatic heterocycles. The summed E-state index contributed by atoms with van der Waals surface area (Å²) in [5.74, 6) is -1.12. The number of carbonyl (C=O) groups is 1. The molecule has 0 aliphatic rings. The molecule has 1 amide bonds. The molecule has 110 valence electrons. The molecule has 0 radical (unpaired) electrons. The first-order valence-electron chi connectivity index (χ1n) is 6.38. The van der Waals surface area contributed by atoms with Crippen LogP contribution in [-0.4, -0.2) is 5.91 Å². The highest BCUT2D eigenvalue weighted by molar-refractivity contribution is 9.10. The lowest BCUT2D eigenvalue weighted by Crippen LogP contribution is -2.23. The van der Waals surface area contributed by atoms with Crippen LogP contribution in [0.15, 0.2) is 34.8 Å². The molecule has 0 aliphatic carbocycles. The van der Waals surface area contributed by atoms with Crippen molar-refractivity contribution in [1.29, 1.82) is 0 Å². The van der Waals surface area contributed by atoms with E-state index in [1.165, 1.54) is 18.2 Å². The van der Waals surface area contributed by atoms with Gasteiger partial charge in [0.05, 0.1) is 10.0 Å². The molecule has 2 rings (SSSR count). The largest absolute Gasteiger partial charge is 0.348 e. The summed E-state index contributed by atoms with van der Waals surface area (Å²) in [5.41, 5.74) is 2.09. The minimum absolute atomic E-state index is 0.133. The number of hydrogen-bond acceptors (Lipinski definition) is 1. The van der Waals surface area contributed by atoms with Crippen LogP contribution in [0.2, 0.25) is 0 Å². The highest BCUT2D eigenvalue weighted by Gasteiger charge is 2.13. The zero-order valence-electron chi connectivity index (χ0n) is 11.6. The Balaban J connectivity index is 2.13. The predicted octanol–water partition coefficient (Wildman–Crippen LogP) is 4.27. The maximum absolute atomic E-state index is 13.5. The van der Waals surface area contributed by atoms with Gasteiger partial charge in [0.25, 0.3) is 5.91 Å². The third kappa shape index (κ3) is 3.47. The molecule has 0 unspecified atom stereocenters. The minimum atomic E-state index is -0.490. The fourth-order valence-corrected chi connectivity index (χ4v) is 2.54. The Kier molecular flexibility index (Phi) is 4.73. The van der Waals surface area contributed by atoms with Gasteiger partial charge in [-0.1, -0.05) is 18.2 Å². The van der Waals surface area contributed by atoms with Crippen molar-refractivity contribution in [2.24, 2.45) is 0 Å². The minimum Gasteiger partial charge on any atom is -0.348 e. The molecule has 2 aromatic carbocycles. The van der Waals surface area contributed by atoms with Gasteiger partial charge < -0.3 is 5.32 Å². The molecule has 2 aromatic rings. The standard InChI is InChI=1S/C16H14BrF2NO/c1-9-6-11(7-10(2)15(9)19)8-20-16(21)12-4-3-5-13(18)14(12)17/h3-7H,8H2,1-2H3,(H,20,21). The second kappa shape index (κ2) is 6.35. The van der Waals surface area contributed by atoms with E-state index in [4.69, 9.17) is 0 Å². The van der Waals surface area contributed by atoms with Crippen molar-refractivity contribution in [1.82, 2.24) is 5.32 Å². The first-order valence-corrected chi connectivity index (χ1v) is 7.17. The lowest BCUT2D eigenvalue weighted by molar-refractivity contribution is 0.0949. The van der Waals surface area contributed by atoms with Crippen LogP contribution >= 0.6 is 15.9 Å². The normalized spacial score (nSPS) is 10.5. The average molecular weight is 354 g/mol. The van der Waals surface area contributed by atoms with Crippen molar-refractivity contribution >= 4 is 21.8 Å². The average Bonchev–Trinajstić information content (AvgIpc) is 2.45. The summed E-state index contributed by atoms with van der Waals surface area (Å²) in [6.07, 6.45) is 0. The summed E-state index contributed by atoms with van der Waals surface area (Å²) in [7, 11) is 0. The highest BCUT2D eigenvalue weighted by atomic mass is 79.9. The fraction of sp³-hybridized carbons (Fsp3) is 0.188. The summed E-state index contributed by atoms with van der Waals surface area (Å²) in [4.78, 5) is 12.0. The monoisotopic (exact) mass is 353 g/mol. The van der Waals surface area contributed by atoms with Gasteiger partial charge in [-0.05, 0) is 58.6 Å². The van der Waals surface area contributed by atoms with Gasteiger partial charge in [0.2, 0.25) is 0 Å². The molecule has 0 saturated heterocycles. The van der Waals surface area contributed by atoms with Gasteiger partial charge in [0, 0.05) is 6.54 Å². The topological polar surface area (TPSA) is 29.1 Å². The number of benzene rings is 2. The van der Waals surface area contributed by atoms with Crippen LogP contribution in [0.1, 0.15) is 27.0 Å². The van der Waals surface area contributed by atoms with E-state index in [9.17, 15) is 13.6 Å². The van der Waals surface area contributed by atoms with Gasteiger partial charge in [0.1, 0.15) is 11.6 Å². The van der Waals surface area contributed by atoms with Crippen LogP contribution in [0.3, 0.4) is 0 Å². The van der Waals surface area contributed by atoms with E-state index in [0.29, 0.717) is 11.1 Å². The number of aryl methyl sites for hydroxylation is 2. The van der Waals surface area contributed by atoms with Crippen LogP contribution in [0, 0.1) is 25.5 Å². The molecule has 21 heavy (non-hydrogen) atoms. The third-order valence-electron chi connectivity index (χ3n) is 3.15. The molecular formula is C16H14BrF2NO. The zero-order chi connectivity index (χ0) is 15.6. The summed E-state index contributed by atoms with van der Waals surface area (Å²) in [6.45, 7) is 3.61. The summed E-state index contributed by atoms with van der Waals surface area (Å²) >= 11 is 3.05. The van der Waals surface area contributed by atoms with Crippen molar-refractivity contribution in [3.63, 3.8) is 0 Å². The molecule has 0 fully saturated rings. The van der Waals surface area contributed by atoms with Gasteiger partial charge in [0.15, 0.2) is 0 Å². The van der Waals surface area contributed by atoms with Crippen LogP contribution in [0.25, 0.3) is 0 Å². The molecule has 0 spiro atoms. The van der Waals surface area contributed by atoms with Crippen molar-refractivity contribution in [2.45, 2.75) is 20.4 Å². The Labute approximate surface area is 130 Å². The molecular weight excluding hydrogens is 340 g/mol. The molecule has 0 heterocycles.